The topological polar surface area (TPSA) is 27.6 Å². The molecule has 86 valence electrons. The standard InChI is InChI=1S/C14H25N/c1-4-13-6-11(2)5-12(3,7-13)9-14(15,8-11)10-13/h4-10,15H2,1-3H3/p+1. The minimum Gasteiger partial charge on any atom is -0.353 e. The third-order valence-electron chi connectivity index (χ3n) is 5.56. The average Bonchev–Trinajstić information content (AvgIpc) is 1.94. The molecule has 0 amide bonds. The van der Waals surface area contributed by atoms with Crippen LogP contribution in [0.1, 0.15) is 65.7 Å². The van der Waals surface area contributed by atoms with Gasteiger partial charge in [0.05, 0.1) is 5.54 Å². The molecule has 2 atom stereocenters. The van der Waals surface area contributed by atoms with Gasteiger partial charge in [-0.15, -0.1) is 0 Å². The summed E-state index contributed by atoms with van der Waals surface area (Å²) in [5.74, 6) is 0. The van der Waals surface area contributed by atoms with E-state index in [1.807, 2.05) is 0 Å². The maximum atomic E-state index is 4.61. The molecule has 4 bridgehead atoms. The SMILES string of the molecule is CCC12CC3(C)CC(C)(CC([NH3+])(C3)C1)C2. The molecule has 0 aliphatic heterocycles. The van der Waals surface area contributed by atoms with E-state index in [1.165, 1.54) is 44.9 Å². The second-order valence-electron chi connectivity index (χ2n) is 8.04. The van der Waals surface area contributed by atoms with Crippen molar-refractivity contribution >= 4 is 0 Å². The molecule has 0 aromatic rings. The first-order valence-corrected chi connectivity index (χ1v) is 6.66. The zero-order chi connectivity index (χ0) is 10.9. The fourth-order valence-corrected chi connectivity index (χ4v) is 6.57. The molecule has 15 heavy (non-hydrogen) atoms. The molecule has 4 aliphatic carbocycles. The fraction of sp³-hybridized carbons (Fsp3) is 1.00. The Bertz CT molecular complexity index is 253. The summed E-state index contributed by atoms with van der Waals surface area (Å²) < 4.78 is 0. The highest BCUT2D eigenvalue weighted by atomic mass is 14.8. The summed E-state index contributed by atoms with van der Waals surface area (Å²) in [5.41, 5.74) is 6.97. The first kappa shape index (κ1) is 10.1. The maximum absolute atomic E-state index is 4.61. The number of hydrogen-bond acceptors (Lipinski definition) is 0. The van der Waals surface area contributed by atoms with Crippen molar-refractivity contribution in [3.63, 3.8) is 0 Å². The molecule has 0 aromatic carbocycles. The van der Waals surface area contributed by atoms with Crippen LogP contribution in [-0.4, -0.2) is 5.54 Å². The summed E-state index contributed by atoms with van der Waals surface area (Å²) in [4.78, 5) is 0. The lowest BCUT2D eigenvalue weighted by Gasteiger charge is -2.67. The minimum absolute atomic E-state index is 0.439. The zero-order valence-electron chi connectivity index (χ0n) is 10.7. The molecule has 0 aromatic heterocycles. The van der Waals surface area contributed by atoms with Gasteiger partial charge in [0.2, 0.25) is 0 Å². The van der Waals surface area contributed by atoms with Gasteiger partial charge >= 0.3 is 0 Å². The van der Waals surface area contributed by atoms with E-state index in [1.54, 1.807) is 0 Å². The summed E-state index contributed by atoms with van der Waals surface area (Å²) in [5, 5.41) is 0. The zero-order valence-corrected chi connectivity index (χ0v) is 10.7. The van der Waals surface area contributed by atoms with Gasteiger partial charge in [0.25, 0.3) is 0 Å². The van der Waals surface area contributed by atoms with Gasteiger partial charge in [-0.2, -0.15) is 0 Å². The van der Waals surface area contributed by atoms with Crippen LogP contribution in [0.3, 0.4) is 0 Å². The van der Waals surface area contributed by atoms with Crippen molar-refractivity contribution < 1.29 is 5.73 Å². The highest BCUT2D eigenvalue weighted by Gasteiger charge is 2.65. The molecule has 0 radical (unpaired) electrons. The Balaban J connectivity index is 2.06. The fourth-order valence-electron chi connectivity index (χ4n) is 6.57. The number of rotatable bonds is 1. The Kier molecular flexibility index (Phi) is 1.65. The lowest BCUT2D eigenvalue weighted by atomic mass is 9.38. The van der Waals surface area contributed by atoms with Crippen molar-refractivity contribution in [2.45, 2.75) is 71.3 Å². The molecule has 0 saturated heterocycles. The van der Waals surface area contributed by atoms with E-state index < -0.39 is 0 Å². The maximum Gasteiger partial charge on any atom is 0.0961 e. The van der Waals surface area contributed by atoms with Crippen molar-refractivity contribution in [1.82, 2.24) is 0 Å². The highest BCUT2D eigenvalue weighted by Crippen LogP contribution is 2.70. The smallest absolute Gasteiger partial charge is 0.0961 e. The van der Waals surface area contributed by atoms with Gasteiger partial charge < -0.3 is 5.73 Å². The van der Waals surface area contributed by atoms with E-state index in [0.29, 0.717) is 21.8 Å². The summed E-state index contributed by atoms with van der Waals surface area (Å²) in [6.07, 6.45) is 10.1. The molecule has 4 aliphatic rings. The van der Waals surface area contributed by atoms with E-state index in [4.69, 9.17) is 0 Å². The number of quaternary nitrogens is 1. The van der Waals surface area contributed by atoms with Crippen LogP contribution in [0, 0.1) is 16.2 Å². The second kappa shape index (κ2) is 2.45. The van der Waals surface area contributed by atoms with E-state index in [9.17, 15) is 0 Å². The van der Waals surface area contributed by atoms with Gasteiger partial charge in [0.1, 0.15) is 0 Å². The third kappa shape index (κ3) is 1.32. The summed E-state index contributed by atoms with van der Waals surface area (Å²) in [6.45, 7) is 7.48. The van der Waals surface area contributed by atoms with Gasteiger partial charge in [-0.3, -0.25) is 0 Å². The van der Waals surface area contributed by atoms with Crippen LogP contribution in [0.25, 0.3) is 0 Å². The van der Waals surface area contributed by atoms with Crippen molar-refractivity contribution in [3.8, 4) is 0 Å². The molecular weight excluding hydrogens is 182 g/mol. The van der Waals surface area contributed by atoms with Crippen LogP contribution >= 0.6 is 0 Å². The van der Waals surface area contributed by atoms with Gasteiger partial charge in [0, 0.05) is 19.3 Å². The normalized spacial score (nSPS) is 62.4. The molecular formula is C14H26N+. The Morgan fingerprint density at radius 1 is 0.867 bits per heavy atom. The van der Waals surface area contributed by atoms with Gasteiger partial charge in [-0.1, -0.05) is 27.2 Å². The van der Waals surface area contributed by atoms with Crippen molar-refractivity contribution in [1.29, 1.82) is 0 Å². The molecule has 1 nitrogen and oxygen atoms in total. The predicted octanol–water partition coefficient (Wildman–Crippen LogP) is 2.76. The van der Waals surface area contributed by atoms with E-state index in [-0.39, 0.29) is 0 Å². The van der Waals surface area contributed by atoms with Crippen LogP contribution in [0.5, 0.6) is 0 Å². The number of hydrogen-bond donors (Lipinski definition) is 1. The minimum atomic E-state index is 0.439. The Hall–Kier alpha value is -0.0400. The molecule has 0 spiro atoms. The first-order valence-electron chi connectivity index (χ1n) is 6.66. The van der Waals surface area contributed by atoms with Crippen molar-refractivity contribution in [2.24, 2.45) is 16.2 Å². The van der Waals surface area contributed by atoms with Crippen LogP contribution in [0.4, 0.5) is 0 Å². The van der Waals surface area contributed by atoms with Crippen LogP contribution in [0.2, 0.25) is 0 Å². The van der Waals surface area contributed by atoms with E-state index in [2.05, 4.69) is 26.5 Å². The van der Waals surface area contributed by atoms with Gasteiger partial charge in [0.15, 0.2) is 0 Å². The molecule has 1 heteroatoms. The molecule has 4 saturated carbocycles. The molecule has 0 heterocycles. The predicted molar refractivity (Wildman–Crippen MR) is 62.3 cm³/mol. The monoisotopic (exact) mass is 208 g/mol. The van der Waals surface area contributed by atoms with Crippen molar-refractivity contribution in [3.05, 3.63) is 0 Å². The molecule has 4 rings (SSSR count). The third-order valence-corrected chi connectivity index (χ3v) is 5.56. The van der Waals surface area contributed by atoms with Crippen LogP contribution in [0.15, 0.2) is 0 Å². The quantitative estimate of drug-likeness (QED) is 0.686. The Morgan fingerprint density at radius 3 is 1.80 bits per heavy atom. The molecule has 3 N–H and O–H groups in total. The van der Waals surface area contributed by atoms with E-state index in [0.717, 1.165) is 0 Å². The van der Waals surface area contributed by atoms with E-state index >= 15 is 0 Å². The summed E-state index contributed by atoms with van der Waals surface area (Å²) in [6, 6.07) is 0. The van der Waals surface area contributed by atoms with Crippen LogP contribution < -0.4 is 5.73 Å². The van der Waals surface area contributed by atoms with Gasteiger partial charge in [-0.25, -0.2) is 0 Å². The summed E-state index contributed by atoms with van der Waals surface area (Å²) in [7, 11) is 0. The summed E-state index contributed by atoms with van der Waals surface area (Å²) >= 11 is 0. The Labute approximate surface area is 93.8 Å². The lowest BCUT2D eigenvalue weighted by molar-refractivity contribution is -0.520. The highest BCUT2D eigenvalue weighted by molar-refractivity contribution is 5.15. The van der Waals surface area contributed by atoms with Crippen LogP contribution in [-0.2, 0) is 0 Å². The average molecular weight is 208 g/mol. The Morgan fingerprint density at radius 2 is 1.40 bits per heavy atom. The van der Waals surface area contributed by atoms with Gasteiger partial charge in [-0.05, 0) is 35.5 Å². The lowest BCUT2D eigenvalue weighted by Crippen LogP contribution is -2.81. The second-order valence-corrected chi connectivity index (χ2v) is 8.04. The van der Waals surface area contributed by atoms with Crippen molar-refractivity contribution in [2.75, 3.05) is 0 Å². The first-order chi connectivity index (χ1) is 6.80. The molecule has 4 fully saturated rings. The largest absolute Gasteiger partial charge is 0.353 e. The molecule has 2 unspecified atom stereocenters.